The molecule has 0 unspecified atom stereocenters. The first kappa shape index (κ1) is 12.3. The molecule has 2 heterocycles. The van der Waals surface area contributed by atoms with E-state index in [1.165, 1.54) is 29.8 Å². The van der Waals surface area contributed by atoms with Crippen molar-refractivity contribution in [1.29, 1.82) is 0 Å². The Bertz CT molecular complexity index is 637. The lowest BCUT2D eigenvalue weighted by Crippen LogP contribution is -2.11. The molecule has 1 N–H and O–H groups in total. The van der Waals surface area contributed by atoms with E-state index in [0.717, 1.165) is 4.88 Å². The average molecular weight is 289 g/mol. The number of anilines is 1. The molecule has 7 heteroatoms. The van der Waals surface area contributed by atoms with Gasteiger partial charge in [0.25, 0.3) is 10.0 Å². The number of aryl methyl sites for hydroxylation is 1. The third kappa shape index (κ3) is 2.77. The lowest BCUT2D eigenvalue weighted by molar-refractivity contribution is 0.603. The Morgan fingerprint density at radius 1 is 1.35 bits per heavy atom. The van der Waals surface area contributed by atoms with Crippen LogP contribution in [-0.4, -0.2) is 13.4 Å². The van der Waals surface area contributed by atoms with Gasteiger partial charge in [0.1, 0.15) is 4.21 Å². The first-order valence-corrected chi connectivity index (χ1v) is 7.35. The molecule has 2 aromatic rings. The Balaban J connectivity index is 2.33. The highest BCUT2D eigenvalue weighted by molar-refractivity contribution is 7.94. The van der Waals surface area contributed by atoms with E-state index < -0.39 is 10.0 Å². The molecule has 0 atom stereocenters. The number of pyridine rings is 1. The predicted molar refractivity (Wildman–Crippen MR) is 69.1 cm³/mol. The Labute approximate surface area is 108 Å². The second-order valence-electron chi connectivity index (χ2n) is 3.33. The molecule has 2 rings (SSSR count). The van der Waals surface area contributed by atoms with Crippen LogP contribution >= 0.6 is 22.9 Å². The van der Waals surface area contributed by atoms with E-state index >= 15 is 0 Å². The monoisotopic (exact) mass is 288 g/mol. The van der Waals surface area contributed by atoms with Crippen molar-refractivity contribution in [2.75, 3.05) is 4.72 Å². The van der Waals surface area contributed by atoms with E-state index in [2.05, 4.69) is 9.71 Å². The fourth-order valence-corrected chi connectivity index (χ4v) is 3.76. The summed E-state index contributed by atoms with van der Waals surface area (Å²) < 4.78 is 26.6. The number of nitrogens with one attached hydrogen (secondary N) is 1. The molecule has 2 aromatic heterocycles. The van der Waals surface area contributed by atoms with Crippen molar-refractivity contribution in [3.05, 3.63) is 40.5 Å². The minimum Gasteiger partial charge on any atom is -0.276 e. The second kappa shape index (κ2) is 4.64. The standard InChI is InChI=1S/C10H9ClN2O2S2/c1-7-2-3-10(16-7)17(14,15)13-9-6-12-5-4-8(9)11/h2-6,13H,1H3. The van der Waals surface area contributed by atoms with Crippen LogP contribution < -0.4 is 4.72 Å². The molecule has 4 nitrogen and oxygen atoms in total. The van der Waals surface area contributed by atoms with Gasteiger partial charge in [-0.3, -0.25) is 9.71 Å². The summed E-state index contributed by atoms with van der Waals surface area (Å²) in [5.41, 5.74) is 0.278. The lowest BCUT2D eigenvalue weighted by atomic mass is 10.4. The lowest BCUT2D eigenvalue weighted by Gasteiger charge is -2.06. The topological polar surface area (TPSA) is 59.1 Å². The number of halogens is 1. The van der Waals surface area contributed by atoms with Gasteiger partial charge < -0.3 is 0 Å². The van der Waals surface area contributed by atoms with E-state index in [0.29, 0.717) is 5.02 Å². The van der Waals surface area contributed by atoms with Gasteiger partial charge in [0.15, 0.2) is 0 Å². The molecule has 0 saturated carbocycles. The predicted octanol–water partition coefficient (Wildman–Crippen LogP) is 2.91. The number of hydrogen-bond acceptors (Lipinski definition) is 4. The van der Waals surface area contributed by atoms with Crippen LogP contribution in [0, 0.1) is 6.92 Å². The molecule has 0 spiro atoms. The van der Waals surface area contributed by atoms with Gasteiger partial charge in [0, 0.05) is 11.1 Å². The maximum Gasteiger partial charge on any atom is 0.271 e. The highest BCUT2D eigenvalue weighted by atomic mass is 35.5. The summed E-state index contributed by atoms with van der Waals surface area (Å²) in [6.07, 6.45) is 2.87. The summed E-state index contributed by atoms with van der Waals surface area (Å²) in [6, 6.07) is 4.84. The highest BCUT2D eigenvalue weighted by Gasteiger charge is 2.17. The number of nitrogens with zero attached hydrogens (tertiary/aromatic N) is 1. The van der Waals surface area contributed by atoms with Crippen molar-refractivity contribution in [2.45, 2.75) is 11.1 Å². The molecule has 0 radical (unpaired) electrons. The summed E-state index contributed by atoms with van der Waals surface area (Å²) in [7, 11) is -3.57. The van der Waals surface area contributed by atoms with Gasteiger partial charge in [-0.25, -0.2) is 8.42 Å². The first-order valence-electron chi connectivity index (χ1n) is 4.68. The van der Waals surface area contributed by atoms with Crippen LogP contribution in [0.5, 0.6) is 0 Å². The van der Waals surface area contributed by atoms with Crippen molar-refractivity contribution in [3.8, 4) is 0 Å². The zero-order chi connectivity index (χ0) is 12.5. The van der Waals surface area contributed by atoms with Crippen molar-refractivity contribution in [2.24, 2.45) is 0 Å². The molecule has 17 heavy (non-hydrogen) atoms. The van der Waals surface area contributed by atoms with E-state index in [1.54, 1.807) is 12.1 Å². The van der Waals surface area contributed by atoms with Crippen LogP contribution in [-0.2, 0) is 10.0 Å². The molecule has 90 valence electrons. The fourth-order valence-electron chi connectivity index (χ4n) is 1.20. The van der Waals surface area contributed by atoms with Crippen molar-refractivity contribution >= 4 is 38.6 Å². The summed E-state index contributed by atoms with van der Waals surface area (Å²) in [5, 5.41) is 0.317. The fraction of sp³-hybridized carbons (Fsp3) is 0.100. The van der Waals surface area contributed by atoms with E-state index in [9.17, 15) is 8.42 Å². The third-order valence-electron chi connectivity index (χ3n) is 1.99. The SMILES string of the molecule is Cc1ccc(S(=O)(=O)Nc2cnccc2Cl)s1. The molecule has 0 aliphatic rings. The molecule has 0 saturated heterocycles. The van der Waals surface area contributed by atoms with Gasteiger partial charge in [-0.15, -0.1) is 11.3 Å². The molecule has 0 fully saturated rings. The van der Waals surface area contributed by atoms with E-state index in [1.807, 2.05) is 6.92 Å². The van der Waals surface area contributed by atoms with Crippen molar-refractivity contribution < 1.29 is 8.42 Å². The van der Waals surface area contributed by atoms with Crippen LogP contribution in [0.15, 0.2) is 34.8 Å². The Morgan fingerprint density at radius 3 is 2.71 bits per heavy atom. The molecule has 0 aromatic carbocycles. The summed E-state index contributed by atoms with van der Waals surface area (Å²) in [4.78, 5) is 4.75. The number of sulfonamides is 1. The van der Waals surface area contributed by atoms with Crippen LogP contribution in [0.25, 0.3) is 0 Å². The van der Waals surface area contributed by atoms with Crippen LogP contribution in [0.3, 0.4) is 0 Å². The Morgan fingerprint density at radius 2 is 2.12 bits per heavy atom. The Hall–Kier alpha value is -1.11. The van der Waals surface area contributed by atoms with E-state index in [4.69, 9.17) is 11.6 Å². The minimum absolute atomic E-state index is 0.259. The number of thiophene rings is 1. The van der Waals surface area contributed by atoms with Crippen LogP contribution in [0.1, 0.15) is 4.88 Å². The Kier molecular flexibility index (Phi) is 3.37. The summed E-state index contributed by atoms with van der Waals surface area (Å²) >= 11 is 7.07. The maximum atomic E-state index is 12.0. The molecular formula is C10H9ClN2O2S2. The van der Waals surface area contributed by atoms with Crippen molar-refractivity contribution in [3.63, 3.8) is 0 Å². The van der Waals surface area contributed by atoms with Gasteiger partial charge in [0.05, 0.1) is 16.9 Å². The van der Waals surface area contributed by atoms with E-state index in [-0.39, 0.29) is 9.90 Å². The number of hydrogen-bond donors (Lipinski definition) is 1. The normalized spacial score (nSPS) is 11.4. The highest BCUT2D eigenvalue weighted by Crippen LogP contribution is 2.26. The maximum absolute atomic E-state index is 12.0. The number of rotatable bonds is 3. The molecule has 0 amide bonds. The van der Waals surface area contributed by atoms with Gasteiger partial charge in [-0.2, -0.15) is 0 Å². The molecule has 0 bridgehead atoms. The van der Waals surface area contributed by atoms with Crippen LogP contribution in [0.2, 0.25) is 5.02 Å². The molecule has 0 aliphatic heterocycles. The average Bonchev–Trinajstić information content (AvgIpc) is 2.69. The zero-order valence-electron chi connectivity index (χ0n) is 8.84. The third-order valence-corrected chi connectivity index (χ3v) is 5.18. The number of aromatic nitrogens is 1. The first-order chi connectivity index (χ1) is 7.99. The smallest absolute Gasteiger partial charge is 0.271 e. The van der Waals surface area contributed by atoms with Crippen LogP contribution in [0.4, 0.5) is 5.69 Å². The summed E-state index contributed by atoms with van der Waals surface area (Å²) in [5.74, 6) is 0. The largest absolute Gasteiger partial charge is 0.276 e. The van der Waals surface area contributed by atoms with Gasteiger partial charge >= 0.3 is 0 Å². The van der Waals surface area contributed by atoms with Gasteiger partial charge in [0.2, 0.25) is 0 Å². The van der Waals surface area contributed by atoms with Crippen molar-refractivity contribution in [1.82, 2.24) is 4.98 Å². The zero-order valence-corrected chi connectivity index (χ0v) is 11.2. The minimum atomic E-state index is -3.57. The molecule has 0 aliphatic carbocycles. The molecular weight excluding hydrogens is 280 g/mol. The van der Waals surface area contributed by atoms with Gasteiger partial charge in [-0.05, 0) is 25.1 Å². The van der Waals surface area contributed by atoms with Gasteiger partial charge in [-0.1, -0.05) is 11.6 Å². The summed E-state index contributed by atoms with van der Waals surface area (Å²) in [6.45, 7) is 1.85. The quantitative estimate of drug-likeness (QED) is 0.945. The second-order valence-corrected chi connectivity index (χ2v) is 6.93.